The zero-order chi connectivity index (χ0) is 30.0. The van der Waals surface area contributed by atoms with E-state index in [1.54, 1.807) is 29.2 Å². The Morgan fingerprint density at radius 1 is 0.833 bits per heavy atom. The van der Waals surface area contributed by atoms with E-state index in [1.807, 2.05) is 0 Å². The Morgan fingerprint density at radius 2 is 1.43 bits per heavy atom. The van der Waals surface area contributed by atoms with Crippen molar-refractivity contribution >= 4 is 11.6 Å². The molecule has 5 rings (SSSR count). The molecule has 3 aromatic carbocycles. The molecule has 0 saturated carbocycles. The normalized spacial score (nSPS) is 28.3. The fourth-order valence-electron chi connectivity index (χ4n) is 5.55. The second-order valence-corrected chi connectivity index (χ2v) is 10.6. The van der Waals surface area contributed by atoms with Crippen molar-refractivity contribution in [2.24, 2.45) is 5.92 Å². The van der Waals surface area contributed by atoms with Crippen LogP contribution >= 0.6 is 0 Å². The van der Waals surface area contributed by atoms with E-state index in [2.05, 4.69) is 0 Å². The molecular weight excluding hydrogens is 552 g/mol. The van der Waals surface area contributed by atoms with Crippen LogP contribution in [0, 0.1) is 17.6 Å². The van der Waals surface area contributed by atoms with E-state index in [9.17, 15) is 39.1 Å². The lowest BCUT2D eigenvalue weighted by atomic mass is 9.78. The maximum absolute atomic E-state index is 13.6. The number of carbonyl (C=O) groups is 1. The lowest BCUT2D eigenvalue weighted by Crippen LogP contribution is -2.59. The molecule has 2 fully saturated rings. The summed E-state index contributed by atoms with van der Waals surface area (Å²) in [5.41, 5.74) is 1.86. The number of ether oxygens (including phenoxy) is 2. The highest BCUT2D eigenvalue weighted by atomic mass is 19.1. The average Bonchev–Trinajstić information content (AvgIpc) is 3.00. The second kappa shape index (κ2) is 12.8. The molecule has 5 N–H and O–H groups in total. The molecule has 9 nitrogen and oxygen atoms in total. The van der Waals surface area contributed by atoms with Gasteiger partial charge in [0.2, 0.25) is 5.91 Å². The number of anilines is 1. The molecule has 6 unspecified atom stereocenters. The molecule has 2 aliphatic rings. The van der Waals surface area contributed by atoms with Gasteiger partial charge in [0.25, 0.3) is 0 Å². The van der Waals surface area contributed by atoms with Crippen LogP contribution < -0.4 is 9.64 Å². The number of rotatable bonds is 10. The van der Waals surface area contributed by atoms with Crippen molar-refractivity contribution in [1.29, 1.82) is 0 Å². The quantitative estimate of drug-likeness (QED) is 0.229. The smallest absolute Gasteiger partial charge is 0.233 e. The highest BCUT2D eigenvalue weighted by Gasteiger charge is 2.48. The Bertz CT molecular complexity index is 1340. The Morgan fingerprint density at radius 3 is 2.05 bits per heavy atom. The third-order valence-corrected chi connectivity index (χ3v) is 7.95. The van der Waals surface area contributed by atoms with Gasteiger partial charge in [0.1, 0.15) is 54.5 Å². The number of amides is 1. The van der Waals surface area contributed by atoms with Crippen LogP contribution in [-0.2, 0) is 9.53 Å². The van der Waals surface area contributed by atoms with E-state index >= 15 is 0 Å². The molecule has 224 valence electrons. The van der Waals surface area contributed by atoms with Gasteiger partial charge in [-0.2, -0.15) is 0 Å². The largest absolute Gasteiger partial charge is 0.491 e. The summed E-state index contributed by atoms with van der Waals surface area (Å²) in [7, 11) is 0. The highest BCUT2D eigenvalue weighted by Crippen LogP contribution is 2.46. The van der Waals surface area contributed by atoms with Crippen molar-refractivity contribution in [1.82, 2.24) is 0 Å². The summed E-state index contributed by atoms with van der Waals surface area (Å²) < 4.78 is 38.1. The van der Waals surface area contributed by atoms with Crippen LogP contribution in [0.5, 0.6) is 5.75 Å². The molecule has 2 saturated heterocycles. The molecule has 0 bridgehead atoms. The molecule has 2 heterocycles. The molecule has 8 atom stereocenters. The fraction of sp³-hybridized carbons (Fsp3) is 0.387. The van der Waals surface area contributed by atoms with E-state index in [4.69, 9.17) is 9.47 Å². The van der Waals surface area contributed by atoms with E-state index in [0.29, 0.717) is 23.4 Å². The molecule has 0 aliphatic carbocycles. The minimum absolute atomic E-state index is 0.158. The Balaban J connectivity index is 1.29. The lowest BCUT2D eigenvalue weighted by Gasteiger charge is -2.48. The molecule has 3 aromatic rings. The van der Waals surface area contributed by atoms with Crippen LogP contribution in [0.3, 0.4) is 0 Å². The van der Waals surface area contributed by atoms with Crippen LogP contribution in [0.4, 0.5) is 14.5 Å². The van der Waals surface area contributed by atoms with E-state index in [1.165, 1.54) is 48.5 Å². The summed E-state index contributed by atoms with van der Waals surface area (Å²) in [6.45, 7) is -0.697. The number of β-lactam (4-membered cyclic amide) rings is 1. The molecule has 0 spiro atoms. The summed E-state index contributed by atoms with van der Waals surface area (Å²) in [6.07, 6.45) is -6.65. The minimum atomic E-state index is -1.50. The standard InChI is InChI=1S/C31H33F2NO8/c32-19-5-1-17(2-6-19)24(36)14-13-23-27(34(31(23)40)21-9-7-20(33)8-10-21)18-3-11-22(12-4-18)41-16-26-29(38)30(39)28(37)25(15-35)42-26/h1-12,23-30,35-39H,13-16H2/t23-,24?,25?,26?,27-,28?,29?,30?/m1/s1. The Hall–Kier alpha value is -3.45. The monoisotopic (exact) mass is 585 g/mol. The predicted octanol–water partition coefficient (Wildman–Crippen LogP) is 2.40. The third-order valence-electron chi connectivity index (χ3n) is 7.95. The summed E-state index contributed by atoms with van der Waals surface area (Å²) in [6, 6.07) is 17.7. The second-order valence-electron chi connectivity index (χ2n) is 10.6. The first-order valence-electron chi connectivity index (χ1n) is 13.7. The van der Waals surface area contributed by atoms with Crippen LogP contribution in [0.2, 0.25) is 0 Å². The lowest BCUT2D eigenvalue weighted by molar-refractivity contribution is -0.234. The van der Waals surface area contributed by atoms with Crippen LogP contribution in [0.15, 0.2) is 72.8 Å². The molecule has 42 heavy (non-hydrogen) atoms. The van der Waals surface area contributed by atoms with Gasteiger partial charge < -0.3 is 39.9 Å². The van der Waals surface area contributed by atoms with Gasteiger partial charge in [-0.15, -0.1) is 0 Å². The number of benzene rings is 3. The first-order valence-corrected chi connectivity index (χ1v) is 13.7. The summed E-state index contributed by atoms with van der Waals surface area (Å²) in [5.74, 6) is -1.05. The van der Waals surface area contributed by atoms with Gasteiger partial charge in [-0.3, -0.25) is 4.79 Å². The molecule has 0 aromatic heterocycles. The maximum Gasteiger partial charge on any atom is 0.233 e. The first kappa shape index (κ1) is 30.0. The number of halogens is 2. The van der Waals surface area contributed by atoms with Gasteiger partial charge in [0.05, 0.1) is 24.7 Å². The van der Waals surface area contributed by atoms with Gasteiger partial charge in [0.15, 0.2) is 0 Å². The van der Waals surface area contributed by atoms with Gasteiger partial charge in [-0.25, -0.2) is 8.78 Å². The number of hydrogen-bond acceptors (Lipinski definition) is 8. The molecule has 2 aliphatic heterocycles. The number of nitrogens with zero attached hydrogens (tertiary/aromatic N) is 1. The summed E-state index contributed by atoms with van der Waals surface area (Å²) in [5, 5.41) is 50.2. The molecule has 11 heteroatoms. The number of aliphatic hydroxyl groups excluding tert-OH is 5. The zero-order valence-electron chi connectivity index (χ0n) is 22.5. The van der Waals surface area contributed by atoms with E-state index in [-0.39, 0.29) is 18.9 Å². The topological polar surface area (TPSA) is 140 Å². The molecule has 1 amide bonds. The van der Waals surface area contributed by atoms with Gasteiger partial charge in [0, 0.05) is 5.69 Å². The maximum atomic E-state index is 13.6. The summed E-state index contributed by atoms with van der Waals surface area (Å²) >= 11 is 0. The molecule has 0 radical (unpaired) electrons. The van der Waals surface area contributed by atoms with Crippen molar-refractivity contribution in [2.75, 3.05) is 18.1 Å². The molecular formula is C31H33F2NO8. The van der Waals surface area contributed by atoms with Crippen molar-refractivity contribution in [3.8, 4) is 5.75 Å². The Kier molecular flexibility index (Phi) is 9.16. The van der Waals surface area contributed by atoms with Gasteiger partial charge >= 0.3 is 0 Å². The average molecular weight is 586 g/mol. The van der Waals surface area contributed by atoms with Crippen molar-refractivity contribution in [2.45, 2.75) is 55.5 Å². The van der Waals surface area contributed by atoms with Crippen molar-refractivity contribution in [3.05, 3.63) is 95.6 Å². The van der Waals surface area contributed by atoms with Crippen molar-refractivity contribution in [3.63, 3.8) is 0 Å². The van der Waals surface area contributed by atoms with Crippen LogP contribution in [0.1, 0.15) is 36.1 Å². The Labute approximate surface area is 241 Å². The fourth-order valence-corrected chi connectivity index (χ4v) is 5.55. The minimum Gasteiger partial charge on any atom is -0.491 e. The van der Waals surface area contributed by atoms with Crippen molar-refractivity contribution < 1.29 is 48.6 Å². The summed E-state index contributed by atoms with van der Waals surface area (Å²) in [4.78, 5) is 14.9. The zero-order valence-corrected chi connectivity index (χ0v) is 22.5. The van der Waals surface area contributed by atoms with Gasteiger partial charge in [-0.1, -0.05) is 24.3 Å². The van der Waals surface area contributed by atoms with E-state index in [0.717, 1.165) is 5.56 Å². The third kappa shape index (κ3) is 6.17. The predicted molar refractivity (Wildman–Crippen MR) is 146 cm³/mol. The highest BCUT2D eigenvalue weighted by molar-refractivity contribution is 6.03. The first-order chi connectivity index (χ1) is 20.2. The number of carbonyl (C=O) groups excluding carboxylic acids is 1. The van der Waals surface area contributed by atoms with Crippen LogP contribution in [0.25, 0.3) is 0 Å². The van der Waals surface area contributed by atoms with Gasteiger partial charge in [-0.05, 0) is 72.5 Å². The van der Waals surface area contributed by atoms with E-state index < -0.39 is 66.8 Å². The SMILES string of the molecule is O=C1[C@H](CCC(O)c2ccc(F)cc2)[C@@H](c2ccc(OCC3OC(CO)C(O)C(O)C3O)cc2)N1c1ccc(F)cc1. The number of hydrogen-bond donors (Lipinski definition) is 5. The number of aliphatic hydroxyl groups is 5. The van der Waals surface area contributed by atoms with Crippen LogP contribution in [-0.4, -0.2) is 75.2 Å².